The maximum absolute atomic E-state index is 12.7. The van der Waals surface area contributed by atoms with Gasteiger partial charge in [0.05, 0.1) is 28.8 Å². The normalized spacial score (nSPS) is 17.4. The van der Waals surface area contributed by atoms with Crippen molar-refractivity contribution < 1.29 is 22.8 Å². The van der Waals surface area contributed by atoms with Crippen LogP contribution in [0.25, 0.3) is 0 Å². The Morgan fingerprint density at radius 3 is 1.05 bits per heavy atom. The second kappa shape index (κ2) is 33.4. The zero-order valence-corrected chi connectivity index (χ0v) is 53.5. The molecule has 13 nitrogen and oxygen atoms in total. The number of fused-ring (bicyclic) bond motifs is 3. The van der Waals surface area contributed by atoms with Crippen molar-refractivity contribution in [3.63, 3.8) is 0 Å². The molecule has 92 heavy (non-hydrogen) atoms. The number of carbonyl (C=O) groups is 2. The standard InChI is InChI=1S/C26H32N4.C25H30F3N3O.C25H30N4O/c1-21(23-12-17-30(18-13-23)26-9-7-22(19-27)8-10-26)28-14-4-15-29-16-11-24-5-2-3-6-25(24)20-29;26-25(27,28)22-6-8-23(9-7-22)31-16-11-20(12-17-31)24(32)29-13-3-14-30-15-10-19-4-1-2-5-21(19)18-30;26-18-20-6-8-24(9-7-20)29-16-11-22(12-17-29)25(30)27-13-3-14-28-15-10-21-4-1-2-5-23(21)19-28/h2-3,5-10,23,28H,1,4,11-18,20H2;1-2,4-9,20H,3,10-18H2,(H,29,32);1-2,4-9,22H,3,10-17,19H2,(H,27,30). The summed E-state index contributed by atoms with van der Waals surface area (Å²) in [6, 6.07) is 51.4. The minimum atomic E-state index is -4.32. The van der Waals surface area contributed by atoms with Crippen LogP contribution in [0.3, 0.4) is 0 Å². The van der Waals surface area contributed by atoms with Gasteiger partial charge < -0.3 is 30.7 Å². The molecule has 0 spiro atoms. The lowest BCUT2D eigenvalue weighted by molar-refractivity contribution is -0.137. The number of nitriles is 2. The van der Waals surface area contributed by atoms with Gasteiger partial charge in [0.1, 0.15) is 0 Å². The van der Waals surface area contributed by atoms with Gasteiger partial charge in [0, 0.05) is 158 Å². The molecule has 0 saturated carbocycles. The molecule has 0 aliphatic carbocycles. The smallest absolute Gasteiger partial charge is 0.389 e. The lowest BCUT2D eigenvalue weighted by Gasteiger charge is -2.35. The van der Waals surface area contributed by atoms with Gasteiger partial charge >= 0.3 is 6.18 Å². The summed E-state index contributed by atoms with van der Waals surface area (Å²) in [5, 5.41) is 27.7. The first-order valence-electron chi connectivity index (χ1n) is 33.6. The van der Waals surface area contributed by atoms with Crippen LogP contribution in [0, 0.1) is 40.4 Å². The number of amides is 2. The molecular formula is C76H92F3N11O2. The molecule has 0 atom stereocenters. The number of anilines is 3. The third kappa shape index (κ3) is 19.2. The van der Waals surface area contributed by atoms with E-state index in [0.29, 0.717) is 31.1 Å². The number of hydrogen-bond acceptors (Lipinski definition) is 11. The van der Waals surface area contributed by atoms with Gasteiger partial charge in [-0.3, -0.25) is 24.3 Å². The third-order valence-electron chi connectivity index (χ3n) is 19.5. The average Bonchev–Trinajstić information content (AvgIpc) is 3.51. The fourth-order valence-electron chi connectivity index (χ4n) is 13.9. The van der Waals surface area contributed by atoms with Crippen LogP contribution in [0.5, 0.6) is 0 Å². The molecule has 0 radical (unpaired) electrons. The first-order chi connectivity index (χ1) is 44.8. The van der Waals surface area contributed by atoms with Crippen LogP contribution in [-0.4, -0.2) is 125 Å². The topological polar surface area (TPSA) is 137 Å². The Kier molecular flexibility index (Phi) is 24.3. The molecule has 12 rings (SSSR count). The predicted molar refractivity (Wildman–Crippen MR) is 362 cm³/mol. The Labute approximate surface area is 543 Å². The van der Waals surface area contributed by atoms with Gasteiger partial charge in [-0.05, 0) is 183 Å². The first kappa shape index (κ1) is 66.8. The number of rotatable bonds is 19. The number of nitrogens with one attached hydrogen (secondary N) is 3. The van der Waals surface area contributed by atoms with Crippen LogP contribution in [0.2, 0.25) is 0 Å². The predicted octanol–water partition coefficient (Wildman–Crippen LogP) is 12.2. The minimum Gasteiger partial charge on any atom is -0.389 e. The molecule has 6 aliphatic heterocycles. The van der Waals surface area contributed by atoms with E-state index in [2.05, 4.69) is 149 Å². The fraction of sp³-hybridized carbons (Fsp3) is 0.447. The summed E-state index contributed by atoms with van der Waals surface area (Å²) in [6.07, 6.45) is 7.62. The molecule has 3 fully saturated rings. The van der Waals surface area contributed by atoms with Gasteiger partial charge in [0.25, 0.3) is 0 Å². The van der Waals surface area contributed by atoms with Crippen LogP contribution >= 0.6 is 0 Å². The number of piperidine rings is 3. The van der Waals surface area contributed by atoms with Crippen molar-refractivity contribution in [1.82, 2.24) is 30.7 Å². The largest absolute Gasteiger partial charge is 0.416 e. The molecule has 6 aromatic carbocycles. The molecule has 2 amide bonds. The van der Waals surface area contributed by atoms with Crippen LogP contribution in [0.15, 0.2) is 158 Å². The molecule has 0 aromatic heterocycles. The van der Waals surface area contributed by atoms with Crippen LogP contribution in [-0.2, 0) is 54.7 Å². The Morgan fingerprint density at radius 1 is 0.424 bits per heavy atom. The monoisotopic (exact) mass is 1250 g/mol. The number of allylic oxidation sites excluding steroid dienone is 1. The number of halogens is 3. The molecule has 3 saturated heterocycles. The second-order valence-electron chi connectivity index (χ2n) is 25.6. The lowest BCUT2D eigenvalue weighted by atomic mass is 9.93. The van der Waals surface area contributed by atoms with Crippen molar-refractivity contribution in [2.75, 3.05) is 113 Å². The summed E-state index contributed by atoms with van der Waals surface area (Å²) in [6.45, 7) is 21.6. The van der Waals surface area contributed by atoms with Gasteiger partial charge in [-0.2, -0.15) is 23.7 Å². The summed E-state index contributed by atoms with van der Waals surface area (Å²) >= 11 is 0. The maximum Gasteiger partial charge on any atom is 0.416 e. The fourth-order valence-corrected chi connectivity index (χ4v) is 13.9. The zero-order valence-electron chi connectivity index (χ0n) is 53.5. The van der Waals surface area contributed by atoms with Gasteiger partial charge in [-0.15, -0.1) is 0 Å². The summed E-state index contributed by atoms with van der Waals surface area (Å²) < 4.78 is 38.2. The summed E-state index contributed by atoms with van der Waals surface area (Å²) in [4.78, 5) is 39.4. The summed E-state index contributed by atoms with van der Waals surface area (Å²) in [5.41, 5.74) is 13.9. The highest BCUT2D eigenvalue weighted by molar-refractivity contribution is 5.79. The third-order valence-corrected chi connectivity index (χ3v) is 19.5. The van der Waals surface area contributed by atoms with Gasteiger partial charge in [-0.25, -0.2) is 0 Å². The van der Waals surface area contributed by atoms with E-state index in [1.54, 1.807) is 0 Å². The SMILES string of the molecule is C=C(NCCCN1CCc2ccccc2C1)C1CCN(c2ccc(C#N)cc2)CC1.N#Cc1ccc(N2CCC(C(=O)NCCCN3CCc4ccccc4C3)CC2)cc1.O=C(NCCCN1CCc2ccccc2C1)C1CCN(c2ccc(C(F)(F)F)cc2)CC1. The second-order valence-corrected chi connectivity index (χ2v) is 25.6. The van der Waals surface area contributed by atoms with E-state index < -0.39 is 11.7 Å². The number of carbonyl (C=O) groups excluding carboxylic acids is 2. The number of benzene rings is 6. The maximum atomic E-state index is 12.7. The van der Waals surface area contributed by atoms with Crippen molar-refractivity contribution >= 4 is 28.9 Å². The van der Waals surface area contributed by atoms with E-state index in [1.807, 2.05) is 36.4 Å². The van der Waals surface area contributed by atoms with E-state index in [0.717, 1.165) is 191 Å². The first-order valence-corrected chi connectivity index (χ1v) is 33.6. The highest BCUT2D eigenvalue weighted by Gasteiger charge is 2.32. The Hall–Kier alpha value is -8.15. The molecule has 3 N–H and O–H groups in total. The van der Waals surface area contributed by atoms with E-state index in [1.165, 1.54) is 69.9 Å². The van der Waals surface area contributed by atoms with Crippen molar-refractivity contribution in [3.05, 3.63) is 208 Å². The molecular weight excluding hydrogens is 1160 g/mol. The molecule has 6 aliphatic rings. The van der Waals surface area contributed by atoms with Gasteiger partial charge in [0.15, 0.2) is 0 Å². The number of hydrogen-bond donors (Lipinski definition) is 3. The molecule has 0 bridgehead atoms. The van der Waals surface area contributed by atoms with Crippen molar-refractivity contribution in [3.8, 4) is 12.1 Å². The number of nitrogens with zero attached hydrogens (tertiary/aromatic N) is 8. The van der Waals surface area contributed by atoms with Crippen molar-refractivity contribution in [2.24, 2.45) is 17.8 Å². The highest BCUT2D eigenvalue weighted by atomic mass is 19.4. The Balaban J connectivity index is 0.000000151. The Morgan fingerprint density at radius 2 is 0.728 bits per heavy atom. The average molecular weight is 1250 g/mol. The van der Waals surface area contributed by atoms with Crippen LogP contribution in [0.4, 0.5) is 30.2 Å². The van der Waals surface area contributed by atoms with Gasteiger partial charge in [-0.1, -0.05) is 79.4 Å². The van der Waals surface area contributed by atoms with Crippen LogP contribution < -0.4 is 30.7 Å². The molecule has 6 aromatic rings. The van der Waals surface area contributed by atoms with Crippen LogP contribution in [0.1, 0.15) is 108 Å². The zero-order chi connectivity index (χ0) is 64.1. The van der Waals surface area contributed by atoms with E-state index in [-0.39, 0.29) is 23.7 Å². The molecule has 16 heteroatoms. The summed E-state index contributed by atoms with van der Waals surface area (Å²) in [7, 11) is 0. The minimum absolute atomic E-state index is 0.0254. The molecule has 6 heterocycles. The van der Waals surface area contributed by atoms with Crippen molar-refractivity contribution in [1.29, 1.82) is 10.5 Å². The molecule has 0 unspecified atom stereocenters. The van der Waals surface area contributed by atoms with E-state index >= 15 is 0 Å². The quantitative estimate of drug-likeness (QED) is 0.0669. The highest BCUT2D eigenvalue weighted by Crippen LogP contribution is 2.33. The van der Waals surface area contributed by atoms with E-state index in [4.69, 9.17) is 10.5 Å². The van der Waals surface area contributed by atoms with Gasteiger partial charge in [0.2, 0.25) is 11.8 Å². The van der Waals surface area contributed by atoms with E-state index in [9.17, 15) is 22.8 Å². The lowest BCUT2D eigenvalue weighted by Crippen LogP contribution is -2.41. The Bertz CT molecular complexity index is 3260. The number of alkyl halides is 3. The molecule has 484 valence electrons. The summed E-state index contributed by atoms with van der Waals surface area (Å²) in [5.74, 6) is 0.949. The van der Waals surface area contributed by atoms with Crippen molar-refractivity contribution in [2.45, 2.75) is 103 Å².